The molecule has 0 bridgehead atoms. The van der Waals surface area contributed by atoms with Crippen LogP contribution in [0.2, 0.25) is 0 Å². The molecule has 1 aliphatic rings. The maximum Gasteiger partial charge on any atom is 0.00190 e. The molecule has 1 unspecified atom stereocenters. The maximum atomic E-state index is 3.00. The minimum Gasteiger partial charge on any atom is -0.159 e. The topological polar surface area (TPSA) is 0 Å². The summed E-state index contributed by atoms with van der Waals surface area (Å²) in [4.78, 5) is 0. The second-order valence-corrected chi connectivity index (χ2v) is 3.37. The van der Waals surface area contributed by atoms with E-state index in [0.29, 0.717) is 0 Å². The van der Waals surface area contributed by atoms with Gasteiger partial charge in [0.05, 0.1) is 0 Å². The molecule has 8 heavy (non-hydrogen) atoms. The van der Waals surface area contributed by atoms with E-state index >= 15 is 0 Å². The van der Waals surface area contributed by atoms with Crippen molar-refractivity contribution in [3.8, 4) is 0 Å². The summed E-state index contributed by atoms with van der Waals surface area (Å²) < 4.78 is 0. The van der Waals surface area contributed by atoms with Crippen molar-refractivity contribution >= 4 is 11.8 Å². The van der Waals surface area contributed by atoms with E-state index in [4.69, 9.17) is 0 Å². The van der Waals surface area contributed by atoms with E-state index in [-0.39, 0.29) is 0 Å². The molecule has 1 rings (SSSR count). The highest BCUT2D eigenvalue weighted by Gasteiger charge is 2.07. The number of thioether (sulfide) groups is 1. The van der Waals surface area contributed by atoms with Gasteiger partial charge in [-0.3, -0.25) is 0 Å². The molecule has 0 radical (unpaired) electrons. The predicted molar refractivity (Wildman–Crippen MR) is 42.4 cm³/mol. The molecule has 0 spiro atoms. The van der Waals surface area contributed by atoms with Gasteiger partial charge in [-0.2, -0.15) is 11.8 Å². The van der Waals surface area contributed by atoms with E-state index in [1.165, 1.54) is 18.6 Å². The Hall–Kier alpha value is 0.0900. The lowest BCUT2D eigenvalue weighted by Crippen LogP contribution is -1.82. The van der Waals surface area contributed by atoms with Crippen molar-refractivity contribution in [1.82, 2.24) is 0 Å². The van der Waals surface area contributed by atoms with Crippen LogP contribution in [0.3, 0.4) is 0 Å². The molecule has 0 N–H and O–H groups in total. The molecule has 0 amide bonds. The van der Waals surface area contributed by atoms with Gasteiger partial charge in [-0.05, 0) is 18.6 Å². The van der Waals surface area contributed by atoms with Crippen molar-refractivity contribution in [1.29, 1.82) is 0 Å². The average molecular weight is 130 g/mol. The Morgan fingerprint density at radius 1 is 1.50 bits per heavy atom. The molecule has 0 aromatic heterocycles. The van der Waals surface area contributed by atoms with Gasteiger partial charge in [0.15, 0.2) is 0 Å². The Kier molecular flexibility index (Phi) is 5.29. The van der Waals surface area contributed by atoms with E-state index in [1.807, 2.05) is 0 Å². The molecular formula is C7H14S. The van der Waals surface area contributed by atoms with Crippen LogP contribution in [0.5, 0.6) is 0 Å². The van der Waals surface area contributed by atoms with Gasteiger partial charge < -0.3 is 0 Å². The average Bonchev–Trinajstić information content (AvgIpc) is 2.24. The van der Waals surface area contributed by atoms with Gasteiger partial charge in [0.2, 0.25) is 0 Å². The summed E-state index contributed by atoms with van der Waals surface area (Å²) in [5, 5.41) is 0.963. The quantitative estimate of drug-likeness (QED) is 0.454. The first-order chi connectivity index (χ1) is 3.89. The van der Waals surface area contributed by atoms with Crippen LogP contribution < -0.4 is 0 Å². The highest BCUT2D eigenvalue weighted by Crippen LogP contribution is 2.24. The first-order valence-electron chi connectivity index (χ1n) is 3.01. The van der Waals surface area contributed by atoms with Crippen molar-refractivity contribution < 1.29 is 0 Å². The molecule has 0 aliphatic carbocycles. The van der Waals surface area contributed by atoms with Crippen molar-refractivity contribution in [3.05, 3.63) is 13.2 Å². The van der Waals surface area contributed by atoms with Crippen molar-refractivity contribution in [3.63, 3.8) is 0 Å². The monoisotopic (exact) mass is 130 g/mol. The van der Waals surface area contributed by atoms with Crippen LogP contribution in [0.25, 0.3) is 0 Å². The molecule has 1 saturated heterocycles. The van der Waals surface area contributed by atoms with Crippen LogP contribution in [0.4, 0.5) is 0 Å². The third-order valence-corrected chi connectivity index (χ3v) is 2.49. The van der Waals surface area contributed by atoms with Crippen molar-refractivity contribution in [2.75, 3.05) is 5.75 Å². The SMILES string of the molecule is C=C.CC1CCCS1. The van der Waals surface area contributed by atoms with Gasteiger partial charge in [0, 0.05) is 5.25 Å². The lowest BCUT2D eigenvalue weighted by Gasteiger charge is -1.91. The Labute approximate surface area is 56.4 Å². The number of rotatable bonds is 0. The fraction of sp³-hybridized carbons (Fsp3) is 0.714. The van der Waals surface area contributed by atoms with Crippen LogP contribution in [0.15, 0.2) is 13.2 Å². The molecule has 0 saturated carbocycles. The molecule has 1 aliphatic heterocycles. The minimum atomic E-state index is 0.963. The van der Waals surface area contributed by atoms with Gasteiger partial charge in [-0.15, -0.1) is 13.2 Å². The zero-order valence-electron chi connectivity index (χ0n) is 5.52. The van der Waals surface area contributed by atoms with Gasteiger partial charge in [-0.1, -0.05) is 6.92 Å². The standard InChI is InChI=1S/C5H10S.C2H4/c1-5-3-2-4-6-5;1-2/h5H,2-4H2,1H3;1-2H2. The smallest absolute Gasteiger partial charge is 0.00190 e. The van der Waals surface area contributed by atoms with Crippen LogP contribution in [0.1, 0.15) is 19.8 Å². The molecule has 1 fully saturated rings. The lowest BCUT2D eigenvalue weighted by atomic mass is 10.3. The Bertz CT molecular complexity index is 46.3. The summed E-state index contributed by atoms with van der Waals surface area (Å²) in [6, 6.07) is 0. The summed E-state index contributed by atoms with van der Waals surface area (Å²) in [6.07, 6.45) is 2.90. The fourth-order valence-electron chi connectivity index (χ4n) is 0.739. The Morgan fingerprint density at radius 3 is 2.25 bits per heavy atom. The maximum absolute atomic E-state index is 3.00. The first kappa shape index (κ1) is 8.09. The molecule has 1 heterocycles. The van der Waals surface area contributed by atoms with Crippen molar-refractivity contribution in [2.24, 2.45) is 0 Å². The molecular weight excluding hydrogens is 116 g/mol. The molecule has 1 atom stereocenters. The molecule has 0 aromatic rings. The van der Waals surface area contributed by atoms with Crippen LogP contribution in [-0.2, 0) is 0 Å². The molecule has 0 nitrogen and oxygen atoms in total. The van der Waals surface area contributed by atoms with E-state index < -0.39 is 0 Å². The zero-order chi connectivity index (χ0) is 6.41. The van der Waals surface area contributed by atoms with Crippen molar-refractivity contribution in [2.45, 2.75) is 25.0 Å². The fourth-order valence-corrected chi connectivity index (χ4v) is 1.81. The lowest BCUT2D eigenvalue weighted by molar-refractivity contribution is 0.838. The first-order valence-corrected chi connectivity index (χ1v) is 4.06. The summed E-state index contributed by atoms with van der Waals surface area (Å²) in [6.45, 7) is 8.30. The molecule has 0 aromatic carbocycles. The van der Waals surface area contributed by atoms with Crippen LogP contribution in [0, 0.1) is 0 Å². The number of hydrogen-bond donors (Lipinski definition) is 0. The minimum absolute atomic E-state index is 0.963. The van der Waals surface area contributed by atoms with E-state index in [1.54, 1.807) is 0 Å². The normalized spacial score (nSPS) is 26.4. The highest BCUT2D eigenvalue weighted by molar-refractivity contribution is 8.00. The third kappa shape index (κ3) is 3.14. The number of hydrogen-bond acceptors (Lipinski definition) is 1. The van der Waals surface area contributed by atoms with Crippen LogP contribution >= 0.6 is 11.8 Å². The van der Waals surface area contributed by atoms with Crippen LogP contribution in [-0.4, -0.2) is 11.0 Å². The predicted octanol–water partition coefficient (Wildman–Crippen LogP) is 2.70. The second kappa shape index (κ2) is 5.23. The van der Waals surface area contributed by atoms with Gasteiger partial charge in [-0.25, -0.2) is 0 Å². The summed E-state index contributed by atoms with van der Waals surface area (Å²) in [5.41, 5.74) is 0. The molecule has 48 valence electrons. The van der Waals surface area contributed by atoms with E-state index in [2.05, 4.69) is 31.8 Å². The van der Waals surface area contributed by atoms with E-state index in [9.17, 15) is 0 Å². The van der Waals surface area contributed by atoms with Gasteiger partial charge >= 0.3 is 0 Å². The van der Waals surface area contributed by atoms with E-state index in [0.717, 1.165) is 5.25 Å². The highest BCUT2D eigenvalue weighted by atomic mass is 32.2. The van der Waals surface area contributed by atoms with Gasteiger partial charge in [0.25, 0.3) is 0 Å². The summed E-state index contributed by atoms with van der Waals surface area (Å²) >= 11 is 2.10. The van der Waals surface area contributed by atoms with Gasteiger partial charge in [0.1, 0.15) is 0 Å². The summed E-state index contributed by atoms with van der Waals surface area (Å²) in [5.74, 6) is 1.40. The summed E-state index contributed by atoms with van der Waals surface area (Å²) in [7, 11) is 0. The third-order valence-electron chi connectivity index (χ3n) is 1.16. The second-order valence-electron chi connectivity index (χ2n) is 1.82. The Morgan fingerprint density at radius 2 is 2.12 bits per heavy atom. The zero-order valence-corrected chi connectivity index (χ0v) is 6.34. The largest absolute Gasteiger partial charge is 0.159 e. The molecule has 1 heteroatoms. The Balaban J connectivity index is 0.000000222.